The van der Waals surface area contributed by atoms with Crippen LogP contribution in [0.5, 0.6) is 0 Å². The maximum absolute atomic E-state index is 5.85. The largest absolute Gasteiger partial charge is 0.376 e. The van der Waals surface area contributed by atoms with Gasteiger partial charge in [0.2, 0.25) is 0 Å². The van der Waals surface area contributed by atoms with E-state index in [4.69, 9.17) is 4.74 Å². The van der Waals surface area contributed by atoms with Crippen molar-refractivity contribution in [3.05, 3.63) is 0 Å². The van der Waals surface area contributed by atoms with E-state index < -0.39 is 0 Å². The van der Waals surface area contributed by atoms with Crippen molar-refractivity contribution >= 4 is 0 Å². The molecule has 0 saturated heterocycles. The maximum Gasteiger partial charge on any atom is 0.0598 e. The van der Waals surface area contributed by atoms with Gasteiger partial charge in [0.15, 0.2) is 0 Å². The zero-order valence-corrected chi connectivity index (χ0v) is 13.9. The first-order valence-electron chi connectivity index (χ1n) is 7.38. The van der Waals surface area contributed by atoms with E-state index in [0.717, 1.165) is 25.5 Å². The summed E-state index contributed by atoms with van der Waals surface area (Å²) in [5.74, 6) is 1.47. The Balaban J connectivity index is 4.07. The number of hydrogen-bond donors (Lipinski definition) is 1. The van der Waals surface area contributed by atoms with Gasteiger partial charge in [0, 0.05) is 12.1 Å². The van der Waals surface area contributed by atoms with Gasteiger partial charge in [0.25, 0.3) is 0 Å². The predicted molar refractivity (Wildman–Crippen MR) is 81.0 cm³/mol. The smallest absolute Gasteiger partial charge is 0.0598 e. The van der Waals surface area contributed by atoms with Crippen molar-refractivity contribution in [2.45, 2.75) is 79.4 Å². The lowest BCUT2D eigenvalue weighted by molar-refractivity contribution is -0.0103. The quantitative estimate of drug-likeness (QED) is 0.736. The Hall–Kier alpha value is -0.0800. The summed E-state index contributed by atoms with van der Waals surface area (Å²) in [6.07, 6.45) is 2.43. The van der Waals surface area contributed by atoms with E-state index >= 15 is 0 Å². The molecule has 0 bridgehead atoms. The van der Waals surface area contributed by atoms with Crippen molar-refractivity contribution < 1.29 is 4.74 Å². The molecular weight excluding hydrogens is 222 g/mol. The average Bonchev–Trinajstić information content (AvgIpc) is 2.09. The molecular formula is C16H35NO. The average molecular weight is 257 g/mol. The van der Waals surface area contributed by atoms with Gasteiger partial charge in [-0.15, -0.1) is 0 Å². The molecule has 0 rings (SSSR count). The lowest BCUT2D eigenvalue weighted by Crippen LogP contribution is -2.39. The Morgan fingerprint density at radius 3 is 1.94 bits per heavy atom. The van der Waals surface area contributed by atoms with E-state index in [2.05, 4.69) is 60.7 Å². The summed E-state index contributed by atoms with van der Waals surface area (Å²) < 4.78 is 5.85. The highest BCUT2D eigenvalue weighted by atomic mass is 16.5. The minimum atomic E-state index is -0.0141. The first kappa shape index (κ1) is 17.9. The maximum atomic E-state index is 5.85. The monoisotopic (exact) mass is 257 g/mol. The van der Waals surface area contributed by atoms with Crippen LogP contribution >= 0.6 is 0 Å². The molecule has 0 aromatic heterocycles. The molecule has 0 heterocycles. The van der Waals surface area contributed by atoms with Crippen molar-refractivity contribution in [2.24, 2.45) is 11.8 Å². The fraction of sp³-hybridized carbons (Fsp3) is 1.00. The molecule has 0 aliphatic rings. The summed E-state index contributed by atoms with van der Waals surface area (Å²) >= 11 is 0. The van der Waals surface area contributed by atoms with Crippen LogP contribution in [0.4, 0.5) is 0 Å². The van der Waals surface area contributed by atoms with E-state index in [0.29, 0.717) is 5.92 Å². The SMILES string of the molecule is CC(C)CC(CCOC(C)(C)C)CNC(C)(C)C. The Kier molecular flexibility index (Phi) is 7.46. The summed E-state index contributed by atoms with van der Waals surface area (Å²) in [5.41, 5.74) is 0.194. The van der Waals surface area contributed by atoms with Gasteiger partial charge in [-0.25, -0.2) is 0 Å². The molecule has 0 radical (unpaired) electrons. The van der Waals surface area contributed by atoms with E-state index in [9.17, 15) is 0 Å². The molecule has 0 aliphatic carbocycles. The Morgan fingerprint density at radius 2 is 1.56 bits per heavy atom. The third-order valence-electron chi connectivity index (χ3n) is 2.79. The second kappa shape index (κ2) is 7.49. The summed E-state index contributed by atoms with van der Waals surface area (Å²) in [7, 11) is 0. The Bertz CT molecular complexity index is 210. The molecule has 0 fully saturated rings. The molecule has 0 spiro atoms. The number of hydrogen-bond acceptors (Lipinski definition) is 2. The summed E-state index contributed by atoms with van der Waals surface area (Å²) in [6, 6.07) is 0. The van der Waals surface area contributed by atoms with Crippen LogP contribution in [0, 0.1) is 11.8 Å². The van der Waals surface area contributed by atoms with E-state index in [-0.39, 0.29) is 11.1 Å². The standard InChI is InChI=1S/C16H35NO/c1-13(2)11-14(12-17-15(3,4)5)9-10-18-16(6,7)8/h13-14,17H,9-12H2,1-8H3. The first-order valence-corrected chi connectivity index (χ1v) is 7.38. The van der Waals surface area contributed by atoms with Gasteiger partial charge in [0.1, 0.15) is 0 Å². The number of nitrogens with one attached hydrogen (secondary N) is 1. The van der Waals surface area contributed by atoms with Crippen LogP contribution in [0.3, 0.4) is 0 Å². The van der Waals surface area contributed by atoms with Crippen LogP contribution in [0.15, 0.2) is 0 Å². The van der Waals surface area contributed by atoms with Gasteiger partial charge in [-0.3, -0.25) is 0 Å². The molecule has 0 saturated carbocycles. The van der Waals surface area contributed by atoms with Gasteiger partial charge < -0.3 is 10.1 Å². The van der Waals surface area contributed by atoms with Gasteiger partial charge >= 0.3 is 0 Å². The fourth-order valence-corrected chi connectivity index (χ4v) is 1.95. The number of ether oxygens (including phenoxy) is 1. The van der Waals surface area contributed by atoms with Crippen molar-refractivity contribution in [2.75, 3.05) is 13.2 Å². The van der Waals surface area contributed by atoms with Crippen LogP contribution in [0.1, 0.15) is 68.2 Å². The zero-order valence-electron chi connectivity index (χ0n) is 13.9. The summed E-state index contributed by atoms with van der Waals surface area (Å²) in [4.78, 5) is 0. The zero-order chi connectivity index (χ0) is 14.4. The third-order valence-corrected chi connectivity index (χ3v) is 2.79. The second-order valence-corrected chi connectivity index (χ2v) is 7.88. The van der Waals surface area contributed by atoms with Crippen LogP contribution < -0.4 is 5.32 Å². The molecule has 0 aromatic carbocycles. The highest BCUT2D eigenvalue weighted by Crippen LogP contribution is 2.17. The van der Waals surface area contributed by atoms with Crippen LogP contribution in [-0.4, -0.2) is 24.3 Å². The van der Waals surface area contributed by atoms with Gasteiger partial charge in [0.05, 0.1) is 5.60 Å². The third kappa shape index (κ3) is 12.4. The molecule has 2 heteroatoms. The Labute approximate surface area is 115 Å². The lowest BCUT2D eigenvalue weighted by atomic mass is 9.93. The molecule has 1 N–H and O–H groups in total. The van der Waals surface area contributed by atoms with E-state index in [1.165, 1.54) is 6.42 Å². The molecule has 1 atom stereocenters. The highest BCUT2D eigenvalue weighted by Gasteiger charge is 2.17. The van der Waals surface area contributed by atoms with E-state index in [1.807, 2.05) is 0 Å². The van der Waals surface area contributed by atoms with Gasteiger partial charge in [-0.2, -0.15) is 0 Å². The molecule has 0 amide bonds. The van der Waals surface area contributed by atoms with Crippen molar-refractivity contribution in [3.8, 4) is 0 Å². The minimum Gasteiger partial charge on any atom is -0.376 e. The molecule has 1 unspecified atom stereocenters. The first-order chi connectivity index (χ1) is 7.99. The van der Waals surface area contributed by atoms with Crippen LogP contribution in [0.2, 0.25) is 0 Å². The molecule has 18 heavy (non-hydrogen) atoms. The molecule has 110 valence electrons. The fourth-order valence-electron chi connectivity index (χ4n) is 1.95. The van der Waals surface area contributed by atoms with E-state index in [1.54, 1.807) is 0 Å². The van der Waals surface area contributed by atoms with Crippen LogP contribution in [-0.2, 0) is 4.74 Å². The minimum absolute atomic E-state index is 0.0141. The van der Waals surface area contributed by atoms with Crippen LogP contribution in [0.25, 0.3) is 0 Å². The van der Waals surface area contributed by atoms with Gasteiger partial charge in [-0.05, 0) is 72.8 Å². The highest BCUT2D eigenvalue weighted by molar-refractivity contribution is 4.74. The van der Waals surface area contributed by atoms with Crippen molar-refractivity contribution in [3.63, 3.8) is 0 Å². The summed E-state index contributed by atoms with van der Waals surface area (Å²) in [5, 5.41) is 3.62. The van der Waals surface area contributed by atoms with Gasteiger partial charge in [-0.1, -0.05) is 13.8 Å². The van der Waals surface area contributed by atoms with Crippen molar-refractivity contribution in [1.29, 1.82) is 0 Å². The normalized spacial score (nSPS) is 15.2. The second-order valence-electron chi connectivity index (χ2n) is 7.88. The summed E-state index contributed by atoms with van der Waals surface area (Å²) in [6.45, 7) is 19.6. The molecule has 0 aromatic rings. The predicted octanol–water partition coefficient (Wildman–Crippen LogP) is 4.24. The lowest BCUT2D eigenvalue weighted by Gasteiger charge is -2.27. The molecule has 0 aliphatic heterocycles. The molecule has 2 nitrogen and oxygen atoms in total. The Morgan fingerprint density at radius 1 is 1.00 bits per heavy atom. The van der Waals surface area contributed by atoms with Crippen molar-refractivity contribution in [1.82, 2.24) is 5.32 Å². The number of rotatable bonds is 7. The topological polar surface area (TPSA) is 21.3 Å².